The zero-order valence-electron chi connectivity index (χ0n) is 14.7. The van der Waals surface area contributed by atoms with Gasteiger partial charge < -0.3 is 10.2 Å². The molecule has 2 heterocycles. The number of benzene rings is 2. The van der Waals surface area contributed by atoms with Crippen molar-refractivity contribution in [2.24, 2.45) is 0 Å². The SMILES string of the molecule is O=C(Nc1cc(-n2cnnn2)ccc1N1CCCCC1)c1ccc(F)cc1. The van der Waals surface area contributed by atoms with Gasteiger partial charge in [0.2, 0.25) is 0 Å². The minimum absolute atomic E-state index is 0.290. The lowest BCUT2D eigenvalue weighted by atomic mass is 10.1. The molecule has 1 aromatic heterocycles. The molecular formula is C19H19FN6O. The number of carbonyl (C=O) groups excluding carboxylic acids is 1. The fourth-order valence-corrected chi connectivity index (χ4v) is 3.25. The first-order valence-corrected chi connectivity index (χ1v) is 8.90. The molecule has 1 fully saturated rings. The molecule has 0 radical (unpaired) electrons. The zero-order valence-corrected chi connectivity index (χ0v) is 14.7. The molecule has 0 saturated carbocycles. The van der Waals surface area contributed by atoms with Gasteiger partial charge in [0.25, 0.3) is 5.91 Å². The topological polar surface area (TPSA) is 75.9 Å². The van der Waals surface area contributed by atoms with Crippen molar-refractivity contribution in [2.75, 3.05) is 23.3 Å². The number of halogens is 1. The first-order valence-electron chi connectivity index (χ1n) is 8.90. The van der Waals surface area contributed by atoms with Gasteiger partial charge >= 0.3 is 0 Å². The summed E-state index contributed by atoms with van der Waals surface area (Å²) in [5, 5.41) is 14.2. The summed E-state index contributed by atoms with van der Waals surface area (Å²) in [6.45, 7) is 1.90. The molecule has 0 bridgehead atoms. The van der Waals surface area contributed by atoms with Crippen LogP contribution in [0.5, 0.6) is 0 Å². The van der Waals surface area contributed by atoms with Crippen molar-refractivity contribution in [3.05, 3.63) is 60.2 Å². The predicted octanol–water partition coefficient (Wildman–Crippen LogP) is 3.04. The Bertz CT molecular complexity index is 920. The minimum Gasteiger partial charge on any atom is -0.370 e. The summed E-state index contributed by atoms with van der Waals surface area (Å²) in [7, 11) is 0. The van der Waals surface area contributed by atoms with Gasteiger partial charge in [-0.15, -0.1) is 5.10 Å². The number of anilines is 2. The van der Waals surface area contributed by atoms with Crippen molar-refractivity contribution in [3.8, 4) is 5.69 Å². The third kappa shape index (κ3) is 3.79. The Labute approximate surface area is 155 Å². The van der Waals surface area contributed by atoms with Crippen LogP contribution in [0.3, 0.4) is 0 Å². The Morgan fingerprint density at radius 2 is 1.81 bits per heavy atom. The quantitative estimate of drug-likeness (QED) is 0.768. The number of piperidine rings is 1. The highest BCUT2D eigenvalue weighted by Gasteiger charge is 2.18. The van der Waals surface area contributed by atoms with Crippen molar-refractivity contribution in [1.82, 2.24) is 20.2 Å². The molecule has 7 nitrogen and oxygen atoms in total. The van der Waals surface area contributed by atoms with E-state index in [0.717, 1.165) is 37.3 Å². The van der Waals surface area contributed by atoms with Crippen LogP contribution < -0.4 is 10.2 Å². The largest absolute Gasteiger partial charge is 0.370 e. The molecule has 4 rings (SSSR count). The van der Waals surface area contributed by atoms with Crippen LogP contribution >= 0.6 is 0 Å². The van der Waals surface area contributed by atoms with Gasteiger partial charge in [0.1, 0.15) is 12.1 Å². The van der Waals surface area contributed by atoms with E-state index >= 15 is 0 Å². The van der Waals surface area contributed by atoms with Gasteiger partial charge in [-0.05, 0) is 72.2 Å². The lowest BCUT2D eigenvalue weighted by Crippen LogP contribution is -2.30. The first kappa shape index (κ1) is 17.1. The average molecular weight is 366 g/mol. The fraction of sp³-hybridized carbons (Fsp3) is 0.263. The maximum absolute atomic E-state index is 13.1. The van der Waals surface area contributed by atoms with E-state index in [2.05, 4.69) is 25.7 Å². The van der Waals surface area contributed by atoms with Crippen LogP contribution in [0.1, 0.15) is 29.6 Å². The number of hydrogen-bond donors (Lipinski definition) is 1. The normalized spacial score (nSPS) is 14.2. The smallest absolute Gasteiger partial charge is 0.255 e. The van der Waals surface area contributed by atoms with Crippen LogP contribution in [0.15, 0.2) is 48.8 Å². The molecule has 0 unspecified atom stereocenters. The molecule has 27 heavy (non-hydrogen) atoms. The number of rotatable bonds is 4. The van der Waals surface area contributed by atoms with Crippen LogP contribution in [0.25, 0.3) is 5.69 Å². The van der Waals surface area contributed by atoms with Crippen molar-refractivity contribution < 1.29 is 9.18 Å². The highest BCUT2D eigenvalue weighted by Crippen LogP contribution is 2.31. The number of nitrogens with zero attached hydrogens (tertiary/aromatic N) is 5. The van der Waals surface area contributed by atoms with Gasteiger partial charge in [-0.3, -0.25) is 4.79 Å². The number of tetrazole rings is 1. The maximum atomic E-state index is 13.1. The Morgan fingerprint density at radius 1 is 1.04 bits per heavy atom. The predicted molar refractivity (Wildman–Crippen MR) is 99.6 cm³/mol. The second kappa shape index (κ2) is 7.53. The molecule has 1 amide bonds. The third-order valence-electron chi connectivity index (χ3n) is 4.65. The molecule has 1 N–H and O–H groups in total. The van der Waals surface area contributed by atoms with E-state index in [1.165, 1.54) is 41.7 Å². The molecule has 0 spiro atoms. The van der Waals surface area contributed by atoms with E-state index in [4.69, 9.17) is 0 Å². The number of amides is 1. The Balaban J connectivity index is 1.67. The van der Waals surface area contributed by atoms with Crippen molar-refractivity contribution in [3.63, 3.8) is 0 Å². The fourth-order valence-electron chi connectivity index (χ4n) is 3.25. The zero-order chi connectivity index (χ0) is 18.6. The summed E-state index contributed by atoms with van der Waals surface area (Å²) >= 11 is 0. The second-order valence-corrected chi connectivity index (χ2v) is 6.46. The van der Waals surface area contributed by atoms with Crippen molar-refractivity contribution in [2.45, 2.75) is 19.3 Å². The van der Waals surface area contributed by atoms with E-state index in [0.29, 0.717) is 11.3 Å². The molecule has 0 aliphatic carbocycles. The van der Waals surface area contributed by atoms with Crippen LogP contribution in [0.4, 0.5) is 15.8 Å². The van der Waals surface area contributed by atoms with Gasteiger partial charge in [0.15, 0.2) is 0 Å². The monoisotopic (exact) mass is 366 g/mol. The van der Waals surface area contributed by atoms with Gasteiger partial charge in [-0.25, -0.2) is 9.07 Å². The minimum atomic E-state index is -0.374. The van der Waals surface area contributed by atoms with Gasteiger partial charge in [-0.2, -0.15) is 0 Å². The summed E-state index contributed by atoms with van der Waals surface area (Å²) in [4.78, 5) is 14.9. The summed E-state index contributed by atoms with van der Waals surface area (Å²) in [6, 6.07) is 11.2. The van der Waals surface area contributed by atoms with Crippen molar-refractivity contribution >= 4 is 17.3 Å². The Kier molecular flexibility index (Phi) is 4.78. The van der Waals surface area contributed by atoms with Crippen LogP contribution in [0.2, 0.25) is 0 Å². The maximum Gasteiger partial charge on any atom is 0.255 e. The number of aromatic nitrogens is 4. The third-order valence-corrected chi connectivity index (χ3v) is 4.65. The van der Waals surface area contributed by atoms with Gasteiger partial charge in [0, 0.05) is 18.7 Å². The van der Waals surface area contributed by atoms with Crippen molar-refractivity contribution in [1.29, 1.82) is 0 Å². The van der Waals surface area contributed by atoms with E-state index in [9.17, 15) is 9.18 Å². The molecule has 138 valence electrons. The second-order valence-electron chi connectivity index (χ2n) is 6.46. The molecular weight excluding hydrogens is 347 g/mol. The lowest BCUT2D eigenvalue weighted by molar-refractivity contribution is 0.102. The van der Waals surface area contributed by atoms with E-state index in [1.54, 1.807) is 0 Å². The molecule has 3 aromatic rings. The molecule has 0 atom stereocenters. The Hall–Kier alpha value is -3.29. The number of hydrogen-bond acceptors (Lipinski definition) is 5. The summed E-state index contributed by atoms with van der Waals surface area (Å²) in [5.74, 6) is -0.664. The standard InChI is InChI=1S/C19H19FN6O/c20-15-6-4-14(5-7-15)19(27)22-17-12-16(26-13-21-23-24-26)8-9-18(17)25-10-2-1-3-11-25/h4-9,12-13H,1-3,10-11H2,(H,22,27). The number of carbonyl (C=O) groups is 1. The molecule has 8 heteroatoms. The van der Waals surface area contributed by atoms with Gasteiger partial charge in [0.05, 0.1) is 17.1 Å². The summed E-state index contributed by atoms with van der Waals surface area (Å²) in [6.07, 6.45) is 4.97. The molecule has 1 aliphatic heterocycles. The van der Waals surface area contributed by atoms with E-state index < -0.39 is 0 Å². The number of nitrogens with one attached hydrogen (secondary N) is 1. The molecule has 1 saturated heterocycles. The molecule has 1 aliphatic rings. The Morgan fingerprint density at radius 3 is 2.52 bits per heavy atom. The van der Waals surface area contributed by atoms with Crippen LogP contribution in [-0.4, -0.2) is 39.2 Å². The molecule has 2 aromatic carbocycles. The first-order chi connectivity index (χ1) is 13.2. The highest BCUT2D eigenvalue weighted by molar-refractivity contribution is 6.06. The van der Waals surface area contributed by atoms with Crippen LogP contribution in [-0.2, 0) is 0 Å². The van der Waals surface area contributed by atoms with E-state index in [1.807, 2.05) is 18.2 Å². The van der Waals surface area contributed by atoms with Crippen LogP contribution in [0, 0.1) is 5.82 Å². The highest BCUT2D eigenvalue weighted by atomic mass is 19.1. The average Bonchev–Trinajstić information content (AvgIpc) is 3.24. The summed E-state index contributed by atoms with van der Waals surface area (Å²) < 4.78 is 14.7. The van der Waals surface area contributed by atoms with Gasteiger partial charge in [-0.1, -0.05) is 0 Å². The van der Waals surface area contributed by atoms with E-state index in [-0.39, 0.29) is 11.7 Å². The summed E-state index contributed by atoms with van der Waals surface area (Å²) in [5.41, 5.74) is 2.78. The lowest BCUT2D eigenvalue weighted by Gasteiger charge is -2.30.